The highest BCUT2D eigenvalue weighted by atomic mass is 16.5. The summed E-state index contributed by atoms with van der Waals surface area (Å²) in [6.45, 7) is 1.38. The monoisotopic (exact) mass is 306 g/mol. The molecule has 1 saturated carbocycles. The lowest BCUT2D eigenvalue weighted by Gasteiger charge is -2.12. The summed E-state index contributed by atoms with van der Waals surface area (Å²) in [6, 6.07) is 3.07. The molecule has 8 nitrogen and oxygen atoms in total. The molecule has 1 aromatic heterocycles. The molecular weight excluding hydrogens is 288 g/mol. The largest absolute Gasteiger partial charge is 0.449 e. The van der Waals surface area contributed by atoms with Crippen LogP contribution in [-0.2, 0) is 9.53 Å². The summed E-state index contributed by atoms with van der Waals surface area (Å²) < 4.78 is 4.99. The molecule has 0 aliphatic heterocycles. The van der Waals surface area contributed by atoms with Gasteiger partial charge >= 0.3 is 12.0 Å². The Bertz CT molecular complexity index is 569. The van der Waals surface area contributed by atoms with Gasteiger partial charge in [-0.15, -0.1) is 0 Å². The summed E-state index contributed by atoms with van der Waals surface area (Å²) in [5.41, 5.74) is 0.237. The fourth-order valence-electron chi connectivity index (χ4n) is 1.59. The summed E-state index contributed by atoms with van der Waals surface area (Å²) in [5.74, 6) is -0.679. The third-order valence-electron chi connectivity index (χ3n) is 3.05. The number of hydrogen-bond acceptors (Lipinski definition) is 6. The van der Waals surface area contributed by atoms with Crippen LogP contribution in [0.4, 0.5) is 10.6 Å². The third kappa shape index (κ3) is 4.44. The van der Waals surface area contributed by atoms with Gasteiger partial charge in [-0.05, 0) is 31.9 Å². The minimum atomic E-state index is -1.09. The Morgan fingerprint density at radius 1 is 1.32 bits per heavy atom. The van der Waals surface area contributed by atoms with Crippen molar-refractivity contribution < 1.29 is 19.1 Å². The van der Waals surface area contributed by atoms with E-state index in [1.165, 1.54) is 20.2 Å². The zero-order valence-electron chi connectivity index (χ0n) is 12.4. The molecule has 0 saturated heterocycles. The van der Waals surface area contributed by atoms with E-state index in [1.54, 1.807) is 12.1 Å². The standard InChI is InChI=1S/C14H18N4O4/c1-8(12(19)18-14(21)15-2)22-13(20)9-3-6-11(16-7-9)17-10-4-5-10/h3,6-8,10H,4-5H2,1-2H3,(H,16,17)(H2,15,18,19,21). The number of rotatable bonds is 5. The van der Waals surface area contributed by atoms with Crippen molar-refractivity contribution in [3.63, 3.8) is 0 Å². The minimum Gasteiger partial charge on any atom is -0.449 e. The molecule has 1 unspecified atom stereocenters. The van der Waals surface area contributed by atoms with E-state index in [0.717, 1.165) is 12.8 Å². The van der Waals surface area contributed by atoms with Crippen LogP contribution in [0, 0.1) is 0 Å². The number of aromatic nitrogens is 1. The van der Waals surface area contributed by atoms with Gasteiger partial charge in [0, 0.05) is 19.3 Å². The van der Waals surface area contributed by atoms with E-state index in [2.05, 4.69) is 15.6 Å². The van der Waals surface area contributed by atoms with Gasteiger partial charge in [0.25, 0.3) is 5.91 Å². The van der Waals surface area contributed by atoms with Gasteiger partial charge in [-0.3, -0.25) is 10.1 Å². The number of carbonyl (C=O) groups is 3. The molecule has 0 spiro atoms. The van der Waals surface area contributed by atoms with Gasteiger partial charge < -0.3 is 15.4 Å². The zero-order valence-corrected chi connectivity index (χ0v) is 12.4. The van der Waals surface area contributed by atoms with Gasteiger partial charge in [-0.25, -0.2) is 14.6 Å². The molecule has 0 aromatic carbocycles. The third-order valence-corrected chi connectivity index (χ3v) is 3.05. The van der Waals surface area contributed by atoms with E-state index in [-0.39, 0.29) is 5.56 Å². The molecular formula is C14H18N4O4. The molecule has 0 radical (unpaired) electrons. The first-order valence-electron chi connectivity index (χ1n) is 6.95. The molecule has 3 amide bonds. The highest BCUT2D eigenvalue weighted by Crippen LogP contribution is 2.23. The lowest BCUT2D eigenvalue weighted by Crippen LogP contribution is -2.43. The predicted octanol–water partition coefficient (Wildman–Crippen LogP) is 0.657. The van der Waals surface area contributed by atoms with Crippen LogP contribution in [0.1, 0.15) is 30.1 Å². The maximum atomic E-state index is 11.9. The van der Waals surface area contributed by atoms with Crippen LogP contribution >= 0.6 is 0 Å². The van der Waals surface area contributed by atoms with Crippen molar-refractivity contribution in [1.82, 2.24) is 15.6 Å². The fraction of sp³-hybridized carbons (Fsp3) is 0.429. The number of amides is 3. The average Bonchev–Trinajstić information content (AvgIpc) is 3.31. The van der Waals surface area contributed by atoms with Crippen LogP contribution in [0.3, 0.4) is 0 Å². The van der Waals surface area contributed by atoms with E-state index < -0.39 is 24.0 Å². The maximum Gasteiger partial charge on any atom is 0.340 e. The van der Waals surface area contributed by atoms with Crippen molar-refractivity contribution in [1.29, 1.82) is 0 Å². The Morgan fingerprint density at radius 2 is 2.05 bits per heavy atom. The molecule has 118 valence electrons. The smallest absolute Gasteiger partial charge is 0.340 e. The molecule has 8 heteroatoms. The van der Waals surface area contributed by atoms with Crippen LogP contribution < -0.4 is 16.0 Å². The number of imide groups is 1. The highest BCUT2D eigenvalue weighted by Gasteiger charge is 2.22. The molecule has 1 atom stereocenters. The van der Waals surface area contributed by atoms with Crippen molar-refractivity contribution in [2.24, 2.45) is 0 Å². The second kappa shape index (κ2) is 6.88. The average molecular weight is 306 g/mol. The minimum absolute atomic E-state index is 0.237. The normalized spacial score (nSPS) is 14.6. The second-order valence-corrected chi connectivity index (χ2v) is 4.97. The van der Waals surface area contributed by atoms with Crippen LogP contribution in [-0.4, -0.2) is 42.1 Å². The van der Waals surface area contributed by atoms with Crippen molar-refractivity contribution in [2.45, 2.75) is 31.9 Å². The Labute approximate surface area is 127 Å². The quantitative estimate of drug-likeness (QED) is 0.689. The number of esters is 1. The van der Waals surface area contributed by atoms with Gasteiger partial charge in [-0.2, -0.15) is 0 Å². The Kier molecular flexibility index (Phi) is 4.92. The number of carbonyl (C=O) groups excluding carboxylic acids is 3. The van der Waals surface area contributed by atoms with Gasteiger partial charge in [0.2, 0.25) is 0 Å². The van der Waals surface area contributed by atoms with Crippen molar-refractivity contribution in [3.05, 3.63) is 23.9 Å². The van der Waals surface area contributed by atoms with Crippen LogP contribution in [0.5, 0.6) is 0 Å². The van der Waals surface area contributed by atoms with Crippen LogP contribution in [0.15, 0.2) is 18.3 Å². The number of ether oxygens (including phenoxy) is 1. The second-order valence-electron chi connectivity index (χ2n) is 4.97. The van der Waals surface area contributed by atoms with Gasteiger partial charge in [0.1, 0.15) is 5.82 Å². The van der Waals surface area contributed by atoms with Crippen molar-refractivity contribution in [3.8, 4) is 0 Å². The van der Waals surface area contributed by atoms with E-state index in [1.807, 2.05) is 5.32 Å². The summed E-state index contributed by atoms with van der Waals surface area (Å²) >= 11 is 0. The molecule has 22 heavy (non-hydrogen) atoms. The molecule has 1 aromatic rings. The van der Waals surface area contributed by atoms with Gasteiger partial charge in [0.15, 0.2) is 6.10 Å². The Balaban J connectivity index is 1.87. The number of pyridine rings is 1. The number of anilines is 1. The molecule has 0 bridgehead atoms. The number of hydrogen-bond donors (Lipinski definition) is 3. The summed E-state index contributed by atoms with van der Waals surface area (Å²) in [7, 11) is 1.38. The first kappa shape index (κ1) is 15.7. The molecule has 1 aliphatic carbocycles. The molecule has 1 fully saturated rings. The lowest BCUT2D eigenvalue weighted by molar-refractivity contribution is -0.127. The highest BCUT2D eigenvalue weighted by molar-refractivity contribution is 5.98. The Morgan fingerprint density at radius 3 is 2.59 bits per heavy atom. The van der Waals surface area contributed by atoms with E-state index in [4.69, 9.17) is 4.74 Å². The molecule has 3 N–H and O–H groups in total. The molecule has 1 aliphatic rings. The van der Waals surface area contributed by atoms with Crippen molar-refractivity contribution >= 4 is 23.7 Å². The summed E-state index contributed by atoms with van der Waals surface area (Å²) in [5, 5.41) is 7.46. The van der Waals surface area contributed by atoms with Gasteiger partial charge in [0.05, 0.1) is 5.56 Å². The topological polar surface area (TPSA) is 109 Å². The maximum absolute atomic E-state index is 11.9. The molecule has 2 rings (SSSR count). The number of nitrogens with zero attached hydrogens (tertiary/aromatic N) is 1. The van der Waals surface area contributed by atoms with E-state index >= 15 is 0 Å². The van der Waals surface area contributed by atoms with E-state index in [0.29, 0.717) is 11.9 Å². The van der Waals surface area contributed by atoms with Crippen LogP contribution in [0.2, 0.25) is 0 Å². The lowest BCUT2D eigenvalue weighted by atomic mass is 10.3. The summed E-state index contributed by atoms with van der Waals surface area (Å²) in [4.78, 5) is 38.6. The number of urea groups is 1. The first-order chi connectivity index (χ1) is 10.5. The van der Waals surface area contributed by atoms with Gasteiger partial charge in [-0.1, -0.05) is 0 Å². The van der Waals surface area contributed by atoms with E-state index in [9.17, 15) is 14.4 Å². The SMILES string of the molecule is CNC(=O)NC(=O)C(C)OC(=O)c1ccc(NC2CC2)nc1. The zero-order chi connectivity index (χ0) is 16.1. The summed E-state index contributed by atoms with van der Waals surface area (Å²) in [6.07, 6.45) is 2.55. The van der Waals surface area contributed by atoms with Crippen molar-refractivity contribution in [2.75, 3.05) is 12.4 Å². The first-order valence-corrected chi connectivity index (χ1v) is 6.95. The van der Waals surface area contributed by atoms with Crippen LogP contribution in [0.25, 0.3) is 0 Å². The Hall–Kier alpha value is -2.64. The fourth-order valence-corrected chi connectivity index (χ4v) is 1.59. The number of nitrogens with one attached hydrogen (secondary N) is 3. The molecule has 1 heterocycles. The predicted molar refractivity (Wildman–Crippen MR) is 78.4 cm³/mol.